The molecule has 0 bridgehead atoms. The van der Waals surface area contributed by atoms with E-state index in [-0.39, 0.29) is 17.1 Å². The molecule has 0 radical (unpaired) electrons. The van der Waals surface area contributed by atoms with E-state index in [1.165, 1.54) is 13.2 Å². The second kappa shape index (κ2) is 4.03. The van der Waals surface area contributed by atoms with Crippen molar-refractivity contribution in [1.29, 1.82) is 0 Å². The molecule has 4 heteroatoms. The molecule has 1 aromatic rings. The summed E-state index contributed by atoms with van der Waals surface area (Å²) in [6.45, 7) is 4.49. The maximum atomic E-state index is 13.4. The molecule has 1 aliphatic heterocycles. The molecule has 2 rings (SSSR count). The lowest BCUT2D eigenvalue weighted by Crippen LogP contribution is -2.64. The van der Waals surface area contributed by atoms with Gasteiger partial charge in [-0.2, -0.15) is 0 Å². The molecule has 1 aliphatic rings. The monoisotopic (exact) mass is 224 g/mol. The zero-order chi connectivity index (χ0) is 11.8. The van der Waals surface area contributed by atoms with Gasteiger partial charge in [0.05, 0.1) is 7.11 Å². The van der Waals surface area contributed by atoms with Gasteiger partial charge in [0.25, 0.3) is 0 Å². The van der Waals surface area contributed by atoms with E-state index >= 15 is 0 Å². The average Bonchev–Trinajstić information content (AvgIpc) is 2.15. The van der Waals surface area contributed by atoms with Gasteiger partial charge in [0, 0.05) is 25.2 Å². The van der Waals surface area contributed by atoms with Gasteiger partial charge in [0.15, 0.2) is 11.6 Å². The van der Waals surface area contributed by atoms with Crippen LogP contribution in [0.1, 0.15) is 12.5 Å². The number of methoxy groups -OCH3 is 1. The first-order valence-electron chi connectivity index (χ1n) is 5.34. The maximum absolute atomic E-state index is 13.4. The topological polar surface area (TPSA) is 38.5 Å². The summed E-state index contributed by atoms with van der Waals surface area (Å²) >= 11 is 0. The van der Waals surface area contributed by atoms with Crippen molar-refractivity contribution in [2.24, 2.45) is 5.73 Å². The highest BCUT2D eigenvalue weighted by Gasteiger charge is 2.34. The molecule has 88 valence electrons. The minimum Gasteiger partial charge on any atom is -0.494 e. The largest absolute Gasteiger partial charge is 0.494 e. The van der Waals surface area contributed by atoms with Crippen LogP contribution in [-0.4, -0.2) is 30.6 Å². The Kier molecular flexibility index (Phi) is 2.86. The van der Waals surface area contributed by atoms with E-state index in [0.29, 0.717) is 0 Å². The van der Waals surface area contributed by atoms with Gasteiger partial charge in [-0.3, -0.25) is 4.90 Å². The van der Waals surface area contributed by atoms with Gasteiger partial charge in [-0.05, 0) is 24.6 Å². The smallest absolute Gasteiger partial charge is 0.165 e. The van der Waals surface area contributed by atoms with Crippen LogP contribution in [-0.2, 0) is 6.54 Å². The molecule has 3 nitrogen and oxygen atoms in total. The highest BCUT2D eigenvalue weighted by Crippen LogP contribution is 2.22. The number of nitrogens with zero attached hydrogens (tertiary/aromatic N) is 1. The summed E-state index contributed by atoms with van der Waals surface area (Å²) in [6.07, 6.45) is 0. The Labute approximate surface area is 95.0 Å². The predicted molar refractivity (Wildman–Crippen MR) is 60.8 cm³/mol. The lowest BCUT2D eigenvalue weighted by atomic mass is 9.93. The van der Waals surface area contributed by atoms with Gasteiger partial charge < -0.3 is 10.5 Å². The van der Waals surface area contributed by atoms with E-state index in [4.69, 9.17) is 10.5 Å². The van der Waals surface area contributed by atoms with E-state index in [2.05, 4.69) is 4.90 Å². The van der Waals surface area contributed by atoms with Gasteiger partial charge in [0.2, 0.25) is 0 Å². The number of halogens is 1. The fourth-order valence-electron chi connectivity index (χ4n) is 2.15. The van der Waals surface area contributed by atoms with Crippen molar-refractivity contribution in [3.63, 3.8) is 0 Å². The van der Waals surface area contributed by atoms with Crippen molar-refractivity contribution >= 4 is 0 Å². The second-order valence-electron chi connectivity index (χ2n) is 4.77. The van der Waals surface area contributed by atoms with Crippen molar-refractivity contribution in [2.45, 2.75) is 19.0 Å². The molecule has 1 saturated heterocycles. The van der Waals surface area contributed by atoms with E-state index in [9.17, 15) is 4.39 Å². The van der Waals surface area contributed by atoms with Crippen LogP contribution in [0.3, 0.4) is 0 Å². The van der Waals surface area contributed by atoms with E-state index in [0.717, 1.165) is 25.2 Å². The summed E-state index contributed by atoms with van der Waals surface area (Å²) in [6, 6.07) is 5.06. The Bertz CT molecular complexity index is 385. The van der Waals surface area contributed by atoms with Gasteiger partial charge >= 0.3 is 0 Å². The molecular weight excluding hydrogens is 207 g/mol. The number of hydrogen-bond acceptors (Lipinski definition) is 3. The number of likely N-dealkylation sites (tertiary alicyclic amines) is 1. The lowest BCUT2D eigenvalue weighted by Gasteiger charge is -2.45. The van der Waals surface area contributed by atoms with E-state index in [1.54, 1.807) is 6.07 Å². The summed E-state index contributed by atoms with van der Waals surface area (Å²) in [5.74, 6) is -0.0212. The minimum absolute atomic E-state index is 0.0784. The van der Waals surface area contributed by atoms with Crippen molar-refractivity contribution in [2.75, 3.05) is 20.2 Å². The maximum Gasteiger partial charge on any atom is 0.165 e. The van der Waals surface area contributed by atoms with Gasteiger partial charge in [-0.25, -0.2) is 4.39 Å². The molecule has 1 heterocycles. The molecule has 0 saturated carbocycles. The number of benzene rings is 1. The molecule has 0 amide bonds. The van der Waals surface area contributed by atoms with Crippen LogP contribution in [0.4, 0.5) is 4.39 Å². The molecule has 0 aliphatic carbocycles. The summed E-state index contributed by atoms with van der Waals surface area (Å²) < 4.78 is 18.3. The number of nitrogens with two attached hydrogens (primary N) is 1. The van der Waals surface area contributed by atoms with Crippen LogP contribution in [0, 0.1) is 5.82 Å². The van der Waals surface area contributed by atoms with Gasteiger partial charge in [0.1, 0.15) is 0 Å². The molecule has 0 spiro atoms. The summed E-state index contributed by atoms with van der Waals surface area (Å²) in [5, 5.41) is 0. The summed E-state index contributed by atoms with van der Waals surface area (Å²) in [5.41, 5.74) is 6.78. The Morgan fingerprint density at radius 2 is 2.19 bits per heavy atom. The quantitative estimate of drug-likeness (QED) is 0.842. The third-order valence-electron chi connectivity index (χ3n) is 2.79. The standard InChI is InChI=1S/C12H17FN2O/c1-12(14)7-15(8-12)6-9-3-4-11(16-2)10(13)5-9/h3-5H,6-8,14H2,1-2H3. The highest BCUT2D eigenvalue weighted by molar-refractivity contribution is 5.29. The summed E-state index contributed by atoms with van der Waals surface area (Å²) in [4.78, 5) is 2.20. The zero-order valence-electron chi connectivity index (χ0n) is 9.66. The van der Waals surface area contributed by atoms with E-state index in [1.807, 2.05) is 13.0 Å². The molecule has 1 aromatic carbocycles. The predicted octanol–water partition coefficient (Wildman–Crippen LogP) is 1.37. The lowest BCUT2D eigenvalue weighted by molar-refractivity contribution is 0.0763. The highest BCUT2D eigenvalue weighted by atomic mass is 19.1. The van der Waals surface area contributed by atoms with Gasteiger partial charge in [-0.1, -0.05) is 6.07 Å². The van der Waals surface area contributed by atoms with Crippen molar-refractivity contribution in [1.82, 2.24) is 4.90 Å². The molecular formula is C12H17FN2O. The van der Waals surface area contributed by atoms with Crippen molar-refractivity contribution in [3.8, 4) is 5.75 Å². The Morgan fingerprint density at radius 1 is 1.50 bits per heavy atom. The molecule has 0 atom stereocenters. The van der Waals surface area contributed by atoms with Crippen LogP contribution >= 0.6 is 0 Å². The molecule has 2 N–H and O–H groups in total. The van der Waals surface area contributed by atoms with Crippen LogP contribution in [0.25, 0.3) is 0 Å². The van der Waals surface area contributed by atoms with Crippen molar-refractivity contribution in [3.05, 3.63) is 29.6 Å². The minimum atomic E-state index is -0.309. The first kappa shape index (κ1) is 11.4. The first-order valence-corrected chi connectivity index (χ1v) is 5.34. The SMILES string of the molecule is COc1ccc(CN2CC(C)(N)C2)cc1F. The average molecular weight is 224 g/mol. The fraction of sp³-hybridized carbons (Fsp3) is 0.500. The van der Waals surface area contributed by atoms with Crippen LogP contribution in [0.15, 0.2) is 18.2 Å². The van der Waals surface area contributed by atoms with Crippen LogP contribution in [0.5, 0.6) is 5.75 Å². The Balaban J connectivity index is 1.98. The Hall–Kier alpha value is -1.13. The number of rotatable bonds is 3. The molecule has 16 heavy (non-hydrogen) atoms. The molecule has 0 aromatic heterocycles. The normalized spacial score (nSPS) is 19.2. The van der Waals surface area contributed by atoms with Gasteiger partial charge in [-0.15, -0.1) is 0 Å². The molecule has 1 fully saturated rings. The number of hydrogen-bond donors (Lipinski definition) is 1. The zero-order valence-corrected chi connectivity index (χ0v) is 9.66. The first-order chi connectivity index (χ1) is 7.50. The number of ether oxygens (including phenoxy) is 1. The summed E-state index contributed by atoms with van der Waals surface area (Å²) in [7, 11) is 1.47. The molecule has 0 unspecified atom stereocenters. The third kappa shape index (κ3) is 2.33. The van der Waals surface area contributed by atoms with E-state index < -0.39 is 0 Å². The fourth-order valence-corrected chi connectivity index (χ4v) is 2.15. The Morgan fingerprint density at radius 3 is 2.69 bits per heavy atom. The third-order valence-corrected chi connectivity index (χ3v) is 2.79. The second-order valence-corrected chi connectivity index (χ2v) is 4.77. The van der Waals surface area contributed by atoms with Crippen LogP contribution < -0.4 is 10.5 Å². The van der Waals surface area contributed by atoms with Crippen molar-refractivity contribution < 1.29 is 9.13 Å². The van der Waals surface area contributed by atoms with Crippen LogP contribution in [0.2, 0.25) is 0 Å².